The van der Waals surface area contributed by atoms with Crippen LogP contribution in [0.15, 0.2) is 30.3 Å². The van der Waals surface area contributed by atoms with Crippen LogP contribution in [0.25, 0.3) is 0 Å². The zero-order valence-electron chi connectivity index (χ0n) is 16.1. The van der Waals surface area contributed by atoms with Gasteiger partial charge in [-0.05, 0) is 57.2 Å². The minimum Gasteiger partial charge on any atom is -0.494 e. The molecule has 0 amide bonds. The van der Waals surface area contributed by atoms with Crippen LogP contribution >= 0.6 is 0 Å². The molecule has 0 radical (unpaired) electrons. The molecule has 5 nitrogen and oxygen atoms in total. The minimum atomic E-state index is 0.304. The predicted molar refractivity (Wildman–Crippen MR) is 109 cm³/mol. The van der Waals surface area contributed by atoms with Crippen molar-refractivity contribution >= 4 is 5.69 Å². The lowest BCUT2D eigenvalue weighted by Crippen LogP contribution is -2.46. The molecule has 27 heavy (non-hydrogen) atoms. The van der Waals surface area contributed by atoms with Gasteiger partial charge in [0.1, 0.15) is 0 Å². The second-order valence-corrected chi connectivity index (χ2v) is 7.83. The predicted octanol–water partition coefficient (Wildman–Crippen LogP) is 3.38. The van der Waals surface area contributed by atoms with E-state index in [0.717, 1.165) is 82.4 Å². The summed E-state index contributed by atoms with van der Waals surface area (Å²) in [5, 5.41) is 20.9. The van der Waals surface area contributed by atoms with Crippen LogP contribution in [0, 0.1) is 0 Å². The molecule has 0 saturated carbocycles. The Hall–Kier alpha value is -2.14. The molecule has 0 atom stereocenters. The van der Waals surface area contributed by atoms with Gasteiger partial charge in [0.05, 0.1) is 0 Å². The molecule has 5 heteroatoms. The first-order valence-corrected chi connectivity index (χ1v) is 10.4. The maximum absolute atomic E-state index is 10.4. The number of anilines is 1. The fraction of sp³-hybridized carbons (Fsp3) is 0.545. The molecule has 2 aliphatic rings. The SMILES string of the molecule is Oc1c2c(c(O)n1CCCCN1CCN(c3ccccc3)CC1)CCCC2. The van der Waals surface area contributed by atoms with Crippen molar-refractivity contribution in [3.8, 4) is 11.8 Å². The van der Waals surface area contributed by atoms with Gasteiger partial charge in [0.2, 0.25) is 0 Å². The van der Waals surface area contributed by atoms with Gasteiger partial charge in [0.15, 0.2) is 11.8 Å². The van der Waals surface area contributed by atoms with Gasteiger partial charge >= 0.3 is 0 Å². The largest absolute Gasteiger partial charge is 0.494 e. The number of hydrogen-bond donors (Lipinski definition) is 2. The van der Waals surface area contributed by atoms with Crippen molar-refractivity contribution in [2.75, 3.05) is 37.6 Å². The van der Waals surface area contributed by atoms with Crippen molar-refractivity contribution < 1.29 is 10.2 Å². The van der Waals surface area contributed by atoms with Crippen LogP contribution in [-0.4, -0.2) is 52.4 Å². The molecule has 2 aromatic rings. The van der Waals surface area contributed by atoms with Crippen molar-refractivity contribution in [1.82, 2.24) is 9.47 Å². The number of rotatable bonds is 6. The number of fused-ring (bicyclic) bond motifs is 1. The lowest BCUT2D eigenvalue weighted by Gasteiger charge is -2.36. The smallest absolute Gasteiger partial charge is 0.197 e. The molecule has 146 valence electrons. The number of hydrogen-bond acceptors (Lipinski definition) is 4. The minimum absolute atomic E-state index is 0.304. The highest BCUT2D eigenvalue weighted by molar-refractivity contribution is 5.47. The van der Waals surface area contributed by atoms with Gasteiger partial charge in [-0.1, -0.05) is 18.2 Å². The van der Waals surface area contributed by atoms with Crippen LogP contribution in [0.2, 0.25) is 0 Å². The first-order valence-electron chi connectivity index (χ1n) is 10.4. The molecule has 1 aliphatic carbocycles. The summed E-state index contributed by atoms with van der Waals surface area (Å²) in [7, 11) is 0. The molecule has 4 rings (SSSR count). The maximum atomic E-state index is 10.4. The van der Waals surface area contributed by atoms with E-state index in [9.17, 15) is 10.2 Å². The lowest BCUT2D eigenvalue weighted by molar-refractivity contribution is 0.249. The average molecular weight is 370 g/mol. The van der Waals surface area contributed by atoms with Gasteiger partial charge in [-0.25, -0.2) is 0 Å². The van der Waals surface area contributed by atoms with E-state index < -0.39 is 0 Å². The Morgan fingerprint density at radius 2 is 1.33 bits per heavy atom. The van der Waals surface area contributed by atoms with E-state index in [4.69, 9.17) is 0 Å². The molecule has 1 saturated heterocycles. The van der Waals surface area contributed by atoms with Crippen molar-refractivity contribution in [3.05, 3.63) is 41.5 Å². The number of aromatic nitrogens is 1. The van der Waals surface area contributed by atoms with E-state index in [1.807, 2.05) is 0 Å². The third-order valence-electron chi connectivity index (χ3n) is 6.12. The highest BCUT2D eigenvalue weighted by Gasteiger charge is 2.24. The fourth-order valence-electron chi connectivity index (χ4n) is 4.51. The van der Waals surface area contributed by atoms with Crippen LogP contribution in [0.4, 0.5) is 5.69 Å². The Morgan fingerprint density at radius 3 is 1.96 bits per heavy atom. The zero-order valence-corrected chi connectivity index (χ0v) is 16.1. The van der Waals surface area contributed by atoms with Gasteiger partial charge in [0, 0.05) is 49.5 Å². The lowest BCUT2D eigenvalue weighted by atomic mass is 9.95. The topological polar surface area (TPSA) is 51.9 Å². The quantitative estimate of drug-likeness (QED) is 0.767. The van der Waals surface area contributed by atoms with Gasteiger partial charge in [-0.2, -0.15) is 0 Å². The summed E-state index contributed by atoms with van der Waals surface area (Å²) in [6.07, 6.45) is 6.08. The number of benzene rings is 1. The molecule has 0 bridgehead atoms. The van der Waals surface area contributed by atoms with Crippen LogP contribution < -0.4 is 4.90 Å². The molecule has 0 unspecified atom stereocenters. The summed E-state index contributed by atoms with van der Waals surface area (Å²) in [5.74, 6) is 0.609. The Balaban J connectivity index is 1.22. The Kier molecular flexibility index (Phi) is 5.58. The summed E-state index contributed by atoms with van der Waals surface area (Å²) in [6, 6.07) is 10.6. The van der Waals surface area contributed by atoms with Crippen LogP contribution in [0.3, 0.4) is 0 Å². The van der Waals surface area contributed by atoms with Crippen molar-refractivity contribution in [3.63, 3.8) is 0 Å². The van der Waals surface area contributed by atoms with Crippen molar-refractivity contribution in [2.24, 2.45) is 0 Å². The number of para-hydroxylation sites is 1. The Labute approximate surface area is 161 Å². The summed E-state index contributed by atoms with van der Waals surface area (Å²) >= 11 is 0. The Morgan fingerprint density at radius 1 is 0.741 bits per heavy atom. The third kappa shape index (κ3) is 3.93. The van der Waals surface area contributed by atoms with Crippen LogP contribution in [-0.2, 0) is 19.4 Å². The highest BCUT2D eigenvalue weighted by Crippen LogP contribution is 2.38. The number of aromatic hydroxyl groups is 2. The summed E-state index contributed by atoms with van der Waals surface area (Å²) in [5.41, 5.74) is 3.28. The maximum Gasteiger partial charge on any atom is 0.197 e. The summed E-state index contributed by atoms with van der Waals surface area (Å²) < 4.78 is 1.73. The molecule has 1 aromatic heterocycles. The first kappa shape index (κ1) is 18.2. The molecule has 2 N–H and O–H groups in total. The van der Waals surface area contributed by atoms with E-state index in [1.165, 1.54) is 5.69 Å². The molecule has 1 aromatic carbocycles. The Bertz CT molecular complexity index is 719. The second-order valence-electron chi connectivity index (χ2n) is 7.83. The monoisotopic (exact) mass is 369 g/mol. The molecule has 1 fully saturated rings. The summed E-state index contributed by atoms with van der Waals surface area (Å²) in [4.78, 5) is 4.98. The van der Waals surface area contributed by atoms with Gasteiger partial charge < -0.3 is 15.1 Å². The molecule has 1 aliphatic heterocycles. The standard InChI is InChI=1S/C22H31N3O2/c26-21-19-10-4-5-11-20(19)22(27)25(21)13-7-6-12-23-14-16-24(17-15-23)18-8-2-1-3-9-18/h1-3,8-9,26-27H,4-7,10-17H2. The molecular weight excluding hydrogens is 338 g/mol. The van der Waals surface area contributed by atoms with Crippen LogP contribution in [0.5, 0.6) is 11.8 Å². The fourth-order valence-corrected chi connectivity index (χ4v) is 4.51. The first-order chi connectivity index (χ1) is 13.2. The number of nitrogens with zero attached hydrogens (tertiary/aromatic N) is 3. The van der Waals surface area contributed by atoms with E-state index in [1.54, 1.807) is 4.57 Å². The van der Waals surface area contributed by atoms with E-state index >= 15 is 0 Å². The van der Waals surface area contributed by atoms with Crippen molar-refractivity contribution in [2.45, 2.75) is 45.1 Å². The van der Waals surface area contributed by atoms with Crippen LogP contribution in [0.1, 0.15) is 36.8 Å². The van der Waals surface area contributed by atoms with Crippen molar-refractivity contribution in [1.29, 1.82) is 0 Å². The highest BCUT2D eigenvalue weighted by atomic mass is 16.3. The average Bonchev–Trinajstić information content (AvgIpc) is 2.97. The van der Waals surface area contributed by atoms with E-state index in [0.29, 0.717) is 18.3 Å². The van der Waals surface area contributed by atoms with E-state index in [2.05, 4.69) is 40.1 Å². The van der Waals surface area contributed by atoms with Gasteiger partial charge in [-0.3, -0.25) is 9.47 Å². The molecule has 0 spiro atoms. The third-order valence-corrected chi connectivity index (χ3v) is 6.12. The number of piperazine rings is 1. The summed E-state index contributed by atoms with van der Waals surface area (Å²) in [6.45, 7) is 6.15. The second kappa shape index (κ2) is 8.26. The molecule has 2 heterocycles. The van der Waals surface area contributed by atoms with Gasteiger partial charge in [0.25, 0.3) is 0 Å². The number of unbranched alkanes of at least 4 members (excludes halogenated alkanes) is 1. The normalized spacial score (nSPS) is 17.9. The van der Waals surface area contributed by atoms with E-state index in [-0.39, 0.29) is 0 Å². The zero-order chi connectivity index (χ0) is 18.6. The molecular formula is C22H31N3O2. The van der Waals surface area contributed by atoms with Gasteiger partial charge in [-0.15, -0.1) is 0 Å².